The van der Waals surface area contributed by atoms with Gasteiger partial charge in [-0.3, -0.25) is 0 Å². The van der Waals surface area contributed by atoms with Crippen molar-refractivity contribution >= 4 is 8.25 Å². The molecule has 16 heavy (non-hydrogen) atoms. The van der Waals surface area contributed by atoms with Crippen molar-refractivity contribution in [1.82, 2.24) is 0 Å². The van der Waals surface area contributed by atoms with Crippen LogP contribution in [0.2, 0.25) is 0 Å². The molecule has 0 radical (unpaired) electrons. The molecule has 0 heterocycles. The molecule has 0 fully saturated rings. The summed E-state index contributed by atoms with van der Waals surface area (Å²) >= 11 is 0. The van der Waals surface area contributed by atoms with E-state index in [9.17, 15) is 17.7 Å². The Labute approximate surface area is 91.9 Å². The Bertz CT molecular complexity index is 299. The molecule has 0 spiro atoms. The van der Waals surface area contributed by atoms with Crippen molar-refractivity contribution < 1.29 is 26.8 Å². The number of hydrogen-bond donors (Lipinski definition) is 0. The van der Waals surface area contributed by atoms with Crippen LogP contribution in [0.1, 0.15) is 6.42 Å². The van der Waals surface area contributed by atoms with E-state index < -0.39 is 21.0 Å². The summed E-state index contributed by atoms with van der Waals surface area (Å²) in [4.78, 5) is 0. The lowest BCUT2D eigenvalue weighted by molar-refractivity contribution is -0.154. The molecular weight excluding hydrogens is 244 g/mol. The standard InChI is InChI=1S/C9H11F3O3P/c10-9(11,12)7-15-16(13)14-6-8-4-2-1-3-5-8/h1-4,8H,5-7H2/q+1. The van der Waals surface area contributed by atoms with Crippen molar-refractivity contribution in [2.75, 3.05) is 13.2 Å². The van der Waals surface area contributed by atoms with Crippen molar-refractivity contribution in [2.45, 2.75) is 12.6 Å². The van der Waals surface area contributed by atoms with Gasteiger partial charge in [-0.15, -0.1) is 9.05 Å². The van der Waals surface area contributed by atoms with Crippen LogP contribution in [0.15, 0.2) is 24.3 Å². The van der Waals surface area contributed by atoms with Gasteiger partial charge in [-0.05, 0) is 6.42 Å². The molecule has 0 amide bonds. The third-order valence-electron chi connectivity index (χ3n) is 1.80. The summed E-state index contributed by atoms with van der Waals surface area (Å²) in [6, 6.07) is 0. The largest absolute Gasteiger partial charge is 0.697 e. The highest BCUT2D eigenvalue weighted by Crippen LogP contribution is 2.29. The van der Waals surface area contributed by atoms with Gasteiger partial charge in [0.2, 0.25) is 6.61 Å². The first-order chi connectivity index (χ1) is 7.47. The third kappa shape index (κ3) is 6.00. The zero-order chi connectivity index (χ0) is 12.0. The van der Waals surface area contributed by atoms with Crippen LogP contribution in [0.4, 0.5) is 13.2 Å². The van der Waals surface area contributed by atoms with Crippen LogP contribution >= 0.6 is 8.25 Å². The van der Waals surface area contributed by atoms with Gasteiger partial charge in [0.05, 0.1) is 0 Å². The highest BCUT2D eigenvalue weighted by atomic mass is 31.1. The second-order valence-corrected chi connectivity index (χ2v) is 4.18. The Morgan fingerprint density at radius 1 is 1.31 bits per heavy atom. The number of allylic oxidation sites excluding steroid dienone is 3. The summed E-state index contributed by atoms with van der Waals surface area (Å²) in [5.74, 6) is 0.0402. The lowest BCUT2D eigenvalue weighted by atomic mass is 10.0. The second-order valence-electron chi connectivity index (χ2n) is 3.22. The molecule has 1 rings (SSSR count). The second kappa shape index (κ2) is 6.13. The summed E-state index contributed by atoms with van der Waals surface area (Å²) < 4.78 is 54.6. The smallest absolute Gasteiger partial charge is 0.168 e. The van der Waals surface area contributed by atoms with E-state index in [-0.39, 0.29) is 12.5 Å². The molecule has 0 aromatic heterocycles. The fourth-order valence-electron chi connectivity index (χ4n) is 1.08. The summed E-state index contributed by atoms with van der Waals surface area (Å²) in [6.45, 7) is -1.46. The van der Waals surface area contributed by atoms with E-state index in [0.29, 0.717) is 0 Å². The summed E-state index contributed by atoms with van der Waals surface area (Å²) in [7, 11) is -2.70. The molecular formula is C9H11F3O3P+. The minimum absolute atomic E-state index is 0.0402. The molecule has 2 unspecified atom stereocenters. The maximum atomic E-state index is 11.7. The highest BCUT2D eigenvalue weighted by Gasteiger charge is 2.35. The quantitative estimate of drug-likeness (QED) is 0.706. The van der Waals surface area contributed by atoms with Gasteiger partial charge in [-0.25, -0.2) is 0 Å². The number of rotatable bonds is 5. The predicted octanol–water partition coefficient (Wildman–Crippen LogP) is 3.37. The SMILES string of the molecule is O=[P+](OCC1C=CC=CC1)OCC(F)(F)F. The maximum absolute atomic E-state index is 11.7. The highest BCUT2D eigenvalue weighted by molar-refractivity contribution is 7.33. The Kier molecular flexibility index (Phi) is 5.12. The van der Waals surface area contributed by atoms with Gasteiger partial charge in [0.1, 0.15) is 6.61 Å². The van der Waals surface area contributed by atoms with Crippen LogP contribution < -0.4 is 0 Å². The minimum atomic E-state index is -4.48. The minimum Gasteiger partial charge on any atom is -0.168 e. The molecule has 90 valence electrons. The van der Waals surface area contributed by atoms with Crippen molar-refractivity contribution in [1.29, 1.82) is 0 Å². The van der Waals surface area contributed by atoms with Gasteiger partial charge in [-0.2, -0.15) is 13.2 Å². The van der Waals surface area contributed by atoms with Crippen molar-refractivity contribution in [3.63, 3.8) is 0 Å². The molecule has 0 saturated carbocycles. The van der Waals surface area contributed by atoms with E-state index >= 15 is 0 Å². The zero-order valence-corrected chi connectivity index (χ0v) is 9.21. The van der Waals surface area contributed by atoms with E-state index in [2.05, 4.69) is 9.05 Å². The number of hydrogen-bond acceptors (Lipinski definition) is 3. The van der Waals surface area contributed by atoms with Crippen LogP contribution in [-0.2, 0) is 13.6 Å². The fourth-order valence-corrected chi connectivity index (χ4v) is 1.71. The zero-order valence-electron chi connectivity index (χ0n) is 8.31. The maximum Gasteiger partial charge on any atom is 0.697 e. The van der Waals surface area contributed by atoms with E-state index in [1.807, 2.05) is 18.2 Å². The van der Waals surface area contributed by atoms with Gasteiger partial charge < -0.3 is 0 Å². The van der Waals surface area contributed by atoms with Crippen molar-refractivity contribution in [3.8, 4) is 0 Å². The first kappa shape index (κ1) is 13.4. The average molecular weight is 255 g/mol. The first-order valence-corrected chi connectivity index (χ1v) is 5.70. The van der Waals surface area contributed by atoms with Gasteiger partial charge in [0, 0.05) is 10.5 Å². The fraction of sp³-hybridized carbons (Fsp3) is 0.556. The Balaban J connectivity index is 2.15. The van der Waals surface area contributed by atoms with Gasteiger partial charge in [-0.1, -0.05) is 24.3 Å². The summed E-state index contributed by atoms with van der Waals surface area (Å²) in [6.07, 6.45) is 3.64. The van der Waals surface area contributed by atoms with Crippen LogP contribution in [0.25, 0.3) is 0 Å². The predicted molar refractivity (Wildman–Crippen MR) is 52.0 cm³/mol. The first-order valence-electron chi connectivity index (χ1n) is 4.60. The van der Waals surface area contributed by atoms with Gasteiger partial charge in [0.25, 0.3) is 0 Å². The Morgan fingerprint density at radius 2 is 2.06 bits per heavy atom. The van der Waals surface area contributed by atoms with Gasteiger partial charge in [0.15, 0.2) is 0 Å². The monoisotopic (exact) mass is 255 g/mol. The van der Waals surface area contributed by atoms with Crippen LogP contribution in [0.3, 0.4) is 0 Å². The third-order valence-corrected chi connectivity index (χ3v) is 2.50. The summed E-state index contributed by atoms with van der Waals surface area (Å²) in [5.41, 5.74) is 0. The molecule has 0 aromatic rings. The Hall–Kier alpha value is -0.710. The topological polar surface area (TPSA) is 35.5 Å². The van der Waals surface area contributed by atoms with Gasteiger partial charge >= 0.3 is 14.4 Å². The number of alkyl halides is 3. The van der Waals surface area contributed by atoms with Crippen LogP contribution in [-0.4, -0.2) is 19.4 Å². The molecule has 2 atom stereocenters. The Morgan fingerprint density at radius 3 is 2.62 bits per heavy atom. The van der Waals surface area contributed by atoms with E-state index in [1.54, 1.807) is 6.08 Å². The molecule has 0 aliphatic heterocycles. The van der Waals surface area contributed by atoms with Crippen molar-refractivity contribution in [2.24, 2.45) is 5.92 Å². The van der Waals surface area contributed by atoms with E-state index in [0.717, 1.165) is 6.42 Å². The molecule has 0 saturated heterocycles. The average Bonchev–Trinajstić information content (AvgIpc) is 2.24. The molecule has 0 aromatic carbocycles. The molecule has 1 aliphatic rings. The molecule has 1 aliphatic carbocycles. The van der Waals surface area contributed by atoms with Crippen molar-refractivity contribution in [3.05, 3.63) is 24.3 Å². The molecule has 0 N–H and O–H groups in total. The molecule has 7 heteroatoms. The lowest BCUT2D eigenvalue weighted by Gasteiger charge is -2.07. The van der Waals surface area contributed by atoms with Crippen LogP contribution in [0.5, 0.6) is 0 Å². The lowest BCUT2D eigenvalue weighted by Crippen LogP contribution is -2.15. The van der Waals surface area contributed by atoms with E-state index in [1.165, 1.54) is 0 Å². The summed E-state index contributed by atoms with van der Waals surface area (Å²) in [5, 5.41) is 0. The molecule has 0 bridgehead atoms. The number of halogens is 3. The van der Waals surface area contributed by atoms with Crippen LogP contribution in [0, 0.1) is 5.92 Å². The molecule has 3 nitrogen and oxygen atoms in total. The normalized spacial score (nSPS) is 21.2. The van der Waals surface area contributed by atoms with E-state index in [4.69, 9.17) is 0 Å².